The van der Waals surface area contributed by atoms with Crippen molar-refractivity contribution in [3.63, 3.8) is 0 Å². The van der Waals surface area contributed by atoms with E-state index in [2.05, 4.69) is 26.0 Å². The monoisotopic (exact) mass is 358 g/mol. The maximum absolute atomic E-state index is 11.6. The van der Waals surface area contributed by atoms with Crippen molar-refractivity contribution in [3.8, 4) is 0 Å². The molecule has 0 radical (unpaired) electrons. The summed E-state index contributed by atoms with van der Waals surface area (Å²) in [5, 5.41) is 1.91. The van der Waals surface area contributed by atoms with Crippen molar-refractivity contribution in [3.05, 3.63) is 41.5 Å². The van der Waals surface area contributed by atoms with E-state index in [9.17, 15) is 13.0 Å². The minimum Gasteiger partial charge on any atom is -0.744 e. The Balaban J connectivity index is 0.00000264. The minimum atomic E-state index is -4.44. The van der Waals surface area contributed by atoms with Crippen molar-refractivity contribution < 1.29 is 64.4 Å². The Morgan fingerprint density at radius 3 is 2.17 bits per heavy atom. The van der Waals surface area contributed by atoms with Gasteiger partial charge < -0.3 is 4.55 Å². The summed E-state index contributed by atoms with van der Waals surface area (Å²) < 4.78 is 34.7. The van der Waals surface area contributed by atoms with E-state index in [1.54, 1.807) is 6.07 Å². The topological polar surface area (TPSA) is 57.2 Å². The number of aryl methyl sites for hydroxylation is 2. The van der Waals surface area contributed by atoms with Crippen molar-refractivity contribution in [2.24, 2.45) is 0 Å². The first-order valence-corrected chi connectivity index (χ1v) is 9.38. The molecule has 0 aliphatic carbocycles. The van der Waals surface area contributed by atoms with Gasteiger partial charge in [0.25, 0.3) is 0 Å². The van der Waals surface area contributed by atoms with Crippen LogP contribution in [0.1, 0.15) is 50.7 Å². The number of unbranched alkanes of at least 4 members (excludes halogenated alkanes) is 2. The predicted octanol–water partition coefficient (Wildman–Crippen LogP) is 1.43. The van der Waals surface area contributed by atoms with Crippen LogP contribution in [0.3, 0.4) is 0 Å². The Kier molecular flexibility index (Phi) is 8.94. The second-order valence-electron chi connectivity index (χ2n) is 5.76. The van der Waals surface area contributed by atoms with Crippen LogP contribution in [0.15, 0.2) is 35.2 Å². The maximum atomic E-state index is 11.6. The van der Waals surface area contributed by atoms with Crippen LogP contribution in [0.5, 0.6) is 0 Å². The van der Waals surface area contributed by atoms with Gasteiger partial charge in [-0.3, -0.25) is 0 Å². The van der Waals surface area contributed by atoms with Crippen molar-refractivity contribution in [1.82, 2.24) is 0 Å². The smallest absolute Gasteiger partial charge is 0.744 e. The first kappa shape index (κ1) is 21.3. The fourth-order valence-corrected chi connectivity index (χ4v) is 3.54. The van der Waals surface area contributed by atoms with E-state index < -0.39 is 10.1 Å². The van der Waals surface area contributed by atoms with Gasteiger partial charge in [0.2, 0.25) is 0 Å². The summed E-state index contributed by atoms with van der Waals surface area (Å²) in [5.74, 6) is 0. The summed E-state index contributed by atoms with van der Waals surface area (Å²) in [6, 6.07) is 9.37. The molecule has 0 saturated carbocycles. The SMILES string of the molecule is CCCCc1ccc2ccc(S(=O)(=O)[O-])c(CCCC)c2c1.[K+]. The Labute approximate surface area is 182 Å². The van der Waals surface area contributed by atoms with Gasteiger partial charge in [-0.1, -0.05) is 51.0 Å². The molecule has 0 aromatic heterocycles. The molecule has 3 nitrogen and oxygen atoms in total. The van der Waals surface area contributed by atoms with E-state index in [0.717, 1.165) is 42.9 Å². The first-order chi connectivity index (χ1) is 10.5. The quantitative estimate of drug-likeness (QED) is 0.556. The van der Waals surface area contributed by atoms with E-state index in [1.165, 1.54) is 11.6 Å². The number of benzene rings is 2. The van der Waals surface area contributed by atoms with Gasteiger partial charge in [-0.25, -0.2) is 8.42 Å². The summed E-state index contributed by atoms with van der Waals surface area (Å²) in [6.07, 6.45) is 5.67. The fraction of sp³-hybridized carbons (Fsp3) is 0.444. The van der Waals surface area contributed by atoms with Crippen LogP contribution in [0.2, 0.25) is 0 Å². The van der Waals surface area contributed by atoms with Gasteiger partial charge in [-0.2, -0.15) is 0 Å². The molecule has 2 aromatic rings. The molecule has 0 atom stereocenters. The van der Waals surface area contributed by atoms with Gasteiger partial charge in [0.15, 0.2) is 0 Å². The molecular weight excluding hydrogens is 335 g/mol. The van der Waals surface area contributed by atoms with Crippen LogP contribution < -0.4 is 51.4 Å². The number of fused-ring (bicyclic) bond motifs is 1. The maximum Gasteiger partial charge on any atom is 1.00 e. The Hall–Kier alpha value is 0.246. The second-order valence-corrected chi connectivity index (χ2v) is 7.11. The van der Waals surface area contributed by atoms with Gasteiger partial charge in [0.1, 0.15) is 10.1 Å². The minimum absolute atomic E-state index is 0. The van der Waals surface area contributed by atoms with E-state index in [0.29, 0.717) is 12.0 Å². The van der Waals surface area contributed by atoms with Gasteiger partial charge in [-0.05, 0) is 53.6 Å². The average Bonchev–Trinajstić information content (AvgIpc) is 2.49. The summed E-state index contributed by atoms with van der Waals surface area (Å²) in [5.41, 5.74) is 1.89. The second kappa shape index (κ2) is 9.66. The molecule has 2 aromatic carbocycles. The van der Waals surface area contributed by atoms with Crippen LogP contribution in [0.4, 0.5) is 0 Å². The molecule has 0 spiro atoms. The summed E-state index contributed by atoms with van der Waals surface area (Å²) in [4.78, 5) is -0.0545. The van der Waals surface area contributed by atoms with Gasteiger partial charge in [-0.15, -0.1) is 0 Å². The molecule has 0 fully saturated rings. The molecule has 23 heavy (non-hydrogen) atoms. The molecule has 0 bridgehead atoms. The average molecular weight is 359 g/mol. The molecule has 0 unspecified atom stereocenters. The van der Waals surface area contributed by atoms with E-state index in [-0.39, 0.29) is 56.3 Å². The number of hydrogen-bond acceptors (Lipinski definition) is 3. The molecular formula is C18H23KO3S. The Morgan fingerprint density at radius 1 is 0.957 bits per heavy atom. The standard InChI is InChI=1S/C18H24O3S.K/c1-3-5-7-14-9-10-15-11-12-18(22(19,20)21)16(8-6-4-2)17(15)13-14;/h9-13H,3-8H2,1-2H3,(H,19,20,21);/q;+1/p-1. The fourth-order valence-electron chi connectivity index (χ4n) is 2.79. The van der Waals surface area contributed by atoms with E-state index in [1.807, 2.05) is 6.07 Å². The molecule has 0 saturated heterocycles. The molecule has 0 N–H and O–H groups in total. The third-order valence-electron chi connectivity index (χ3n) is 4.02. The van der Waals surface area contributed by atoms with Crippen molar-refractivity contribution in [2.45, 2.75) is 57.3 Å². The van der Waals surface area contributed by atoms with Crippen molar-refractivity contribution >= 4 is 20.9 Å². The van der Waals surface area contributed by atoms with Crippen LogP contribution in [0, 0.1) is 0 Å². The zero-order chi connectivity index (χ0) is 16.2. The van der Waals surface area contributed by atoms with E-state index >= 15 is 0 Å². The van der Waals surface area contributed by atoms with Crippen molar-refractivity contribution in [2.75, 3.05) is 0 Å². The van der Waals surface area contributed by atoms with Gasteiger partial charge in [0.05, 0.1) is 4.90 Å². The zero-order valence-corrected chi connectivity index (χ0v) is 18.2. The normalized spacial score (nSPS) is 11.4. The summed E-state index contributed by atoms with van der Waals surface area (Å²) >= 11 is 0. The third-order valence-corrected chi connectivity index (χ3v) is 4.94. The molecule has 2 rings (SSSR count). The van der Waals surface area contributed by atoms with Gasteiger partial charge >= 0.3 is 51.4 Å². The van der Waals surface area contributed by atoms with Crippen molar-refractivity contribution in [1.29, 1.82) is 0 Å². The molecule has 0 aliphatic rings. The number of hydrogen-bond donors (Lipinski definition) is 0. The molecule has 0 amide bonds. The van der Waals surface area contributed by atoms with Crippen LogP contribution in [0.25, 0.3) is 10.8 Å². The molecule has 120 valence electrons. The largest absolute Gasteiger partial charge is 1.00 e. The van der Waals surface area contributed by atoms with Crippen LogP contribution >= 0.6 is 0 Å². The molecule has 0 aliphatic heterocycles. The third kappa shape index (κ3) is 5.63. The molecule has 0 heterocycles. The zero-order valence-electron chi connectivity index (χ0n) is 14.3. The number of rotatable bonds is 7. The summed E-state index contributed by atoms with van der Waals surface area (Å²) in [6.45, 7) is 4.21. The first-order valence-electron chi connectivity index (χ1n) is 7.97. The van der Waals surface area contributed by atoms with Crippen LogP contribution in [-0.2, 0) is 23.0 Å². The van der Waals surface area contributed by atoms with E-state index in [4.69, 9.17) is 0 Å². The molecule has 5 heteroatoms. The Morgan fingerprint density at radius 2 is 1.57 bits per heavy atom. The van der Waals surface area contributed by atoms with Gasteiger partial charge in [0, 0.05) is 0 Å². The predicted molar refractivity (Wildman–Crippen MR) is 89.1 cm³/mol. The Bertz CT molecular complexity index is 754. The summed E-state index contributed by atoms with van der Waals surface area (Å²) in [7, 11) is -4.44. The van der Waals surface area contributed by atoms with Crippen LogP contribution in [-0.4, -0.2) is 13.0 Å².